The number of aliphatic imine (C=N–C) groups is 2. The lowest BCUT2D eigenvalue weighted by atomic mass is 10.0. The maximum Gasteiger partial charge on any atom is 0.326 e. The van der Waals surface area contributed by atoms with Crippen molar-refractivity contribution in [3.63, 3.8) is 0 Å². The highest BCUT2D eigenvalue weighted by molar-refractivity contribution is 7.10. The number of carbonyl (C=O) groups is 9. The normalized spacial score (nSPS) is 17.2. The largest absolute Gasteiger partial charge is 0.480 e. The molecule has 424 valence electrons. The van der Waals surface area contributed by atoms with Gasteiger partial charge in [-0.3, -0.25) is 48.3 Å². The lowest BCUT2D eigenvalue weighted by Crippen LogP contribution is -2.60. The van der Waals surface area contributed by atoms with Gasteiger partial charge in [-0.2, -0.15) is 0 Å². The maximum atomic E-state index is 14.2. The lowest BCUT2D eigenvalue weighted by Gasteiger charge is -2.32. The average Bonchev–Trinajstić information content (AvgIpc) is 4.30. The summed E-state index contributed by atoms with van der Waals surface area (Å²) in [5, 5.41) is 39.3. The molecule has 18 N–H and O–H groups in total. The monoisotopic (exact) mass is 1120 g/mol. The van der Waals surface area contributed by atoms with E-state index in [2.05, 4.69) is 41.9 Å². The van der Waals surface area contributed by atoms with Gasteiger partial charge in [0.2, 0.25) is 47.3 Å². The first-order valence-electron chi connectivity index (χ1n) is 25.5. The molecule has 0 saturated carbocycles. The van der Waals surface area contributed by atoms with Crippen LogP contribution < -0.4 is 60.6 Å². The second kappa shape index (κ2) is 30.9. The van der Waals surface area contributed by atoms with Crippen LogP contribution in [0.15, 0.2) is 75.3 Å². The summed E-state index contributed by atoms with van der Waals surface area (Å²) in [6.45, 7) is -0.583. The highest BCUT2D eigenvalue weighted by Gasteiger charge is 2.43. The molecule has 28 heteroatoms. The van der Waals surface area contributed by atoms with E-state index in [0.717, 1.165) is 0 Å². The molecule has 26 nitrogen and oxygen atoms in total. The summed E-state index contributed by atoms with van der Waals surface area (Å²) >= 11 is 2.59. The molecule has 8 atom stereocenters. The molecular weight excluding hydrogens is 1050 g/mol. The van der Waals surface area contributed by atoms with E-state index in [9.17, 15) is 53.4 Å². The van der Waals surface area contributed by atoms with Crippen LogP contribution in [0.1, 0.15) is 66.7 Å². The van der Waals surface area contributed by atoms with Crippen molar-refractivity contribution in [2.24, 2.45) is 38.7 Å². The number of hydrogen-bond acceptors (Lipinski definition) is 15. The number of aliphatic hydroxyl groups excluding tert-OH is 1. The minimum absolute atomic E-state index is 0.0374. The summed E-state index contributed by atoms with van der Waals surface area (Å²) in [6.07, 6.45) is 2.44. The summed E-state index contributed by atoms with van der Waals surface area (Å²) in [4.78, 5) is 135. The number of carbonyl (C=O) groups excluding carboxylic acids is 8. The van der Waals surface area contributed by atoms with Crippen molar-refractivity contribution in [3.05, 3.63) is 80.7 Å². The van der Waals surface area contributed by atoms with Crippen LogP contribution in [0.2, 0.25) is 0 Å². The summed E-state index contributed by atoms with van der Waals surface area (Å²) in [5.41, 5.74) is 28.3. The molecule has 5 rings (SSSR count). The zero-order valence-corrected chi connectivity index (χ0v) is 44.7. The van der Waals surface area contributed by atoms with Gasteiger partial charge in [-0.15, -0.1) is 22.7 Å². The molecule has 0 unspecified atom stereocenters. The number of carboxylic acid groups (broad SMARTS) is 1. The van der Waals surface area contributed by atoms with E-state index in [0.29, 0.717) is 60.4 Å². The predicted octanol–water partition coefficient (Wildman–Crippen LogP) is -3.13. The Morgan fingerprint density at radius 2 is 1.12 bits per heavy atom. The van der Waals surface area contributed by atoms with Crippen LogP contribution in [-0.2, 0) is 62.4 Å². The number of benzene rings is 1. The molecule has 2 saturated heterocycles. The van der Waals surface area contributed by atoms with Crippen LogP contribution in [-0.4, -0.2) is 173 Å². The van der Waals surface area contributed by atoms with E-state index in [-0.39, 0.29) is 63.7 Å². The van der Waals surface area contributed by atoms with Gasteiger partial charge >= 0.3 is 5.97 Å². The fraction of sp³-hybridized carbons (Fsp3) is 0.500. The molecule has 2 aliphatic heterocycles. The van der Waals surface area contributed by atoms with Crippen LogP contribution in [0.3, 0.4) is 0 Å². The number of guanidine groups is 2. The number of nitrogens with zero attached hydrogens (tertiary/aromatic N) is 4. The summed E-state index contributed by atoms with van der Waals surface area (Å²) < 4.78 is 0. The third kappa shape index (κ3) is 19.1. The number of amides is 8. The zero-order chi connectivity index (χ0) is 56.7. The van der Waals surface area contributed by atoms with Crippen molar-refractivity contribution in [2.75, 3.05) is 39.3 Å². The van der Waals surface area contributed by atoms with Crippen molar-refractivity contribution >= 4 is 87.8 Å². The van der Waals surface area contributed by atoms with Gasteiger partial charge in [0.25, 0.3) is 0 Å². The van der Waals surface area contributed by atoms with Gasteiger partial charge in [-0.25, -0.2) is 4.79 Å². The quantitative estimate of drug-likeness (QED) is 0.0178. The SMILES string of the molecule is NC(N)=NCCC[C@H](NC(=O)[C@H](Cc1cccs1)NC(=O)[C@H](Cc1ccccc1)NC(=O)[C@H](CO)NC(=O)[C@H](Cc1cccs1)NC(=O)CNC(=O)[C@@H]1CCCN1C(=O)[C@@H]1CCCN1C(=O)[C@@H](N)CCCN=C(N)N)C(=O)O. The Labute approximate surface area is 458 Å². The summed E-state index contributed by atoms with van der Waals surface area (Å²) in [6, 6.07) is 5.73. The van der Waals surface area contributed by atoms with Crippen molar-refractivity contribution in [1.82, 2.24) is 41.7 Å². The first-order valence-corrected chi connectivity index (χ1v) is 27.3. The Morgan fingerprint density at radius 3 is 1.65 bits per heavy atom. The molecular formula is C50H71N15O11S2. The molecule has 0 spiro atoms. The molecule has 0 bridgehead atoms. The van der Waals surface area contributed by atoms with Crippen LogP contribution in [0, 0.1) is 0 Å². The van der Waals surface area contributed by atoms with Crippen LogP contribution in [0.4, 0.5) is 0 Å². The van der Waals surface area contributed by atoms with Gasteiger partial charge in [-0.05, 0) is 79.8 Å². The molecule has 2 aliphatic rings. The first-order chi connectivity index (χ1) is 37.3. The van der Waals surface area contributed by atoms with Crippen molar-refractivity contribution in [1.29, 1.82) is 0 Å². The standard InChI is InChI=1S/C50H71N15O11S2/c51-32(14-4-18-56-49(52)53)46(73)65-21-7-17-39(65)47(74)64-20-6-16-38(64)45(72)58-27-40(67)59-35(25-30-12-8-22-77-30)42(69)63-37(28-66)44(71)61-34(24-29-10-2-1-3-11-29)41(68)62-36(26-31-13-9-23-78-31)43(70)60-33(48(75)76)15-5-19-57-50(54)55/h1-3,8-13,22-23,32-39,66H,4-7,14-21,24-28,51H2,(H,58,72)(H,59,67)(H,60,70)(H,61,71)(H,62,68)(H,63,69)(H,75,76)(H4,52,53,56)(H4,54,55,57)/t32-,33-,34-,35-,36-,37-,38-,39-/m0/s1. The highest BCUT2D eigenvalue weighted by atomic mass is 32.1. The van der Waals surface area contributed by atoms with Crippen molar-refractivity contribution < 1.29 is 53.4 Å². The molecule has 0 radical (unpaired) electrons. The van der Waals surface area contributed by atoms with E-state index in [1.807, 2.05) is 0 Å². The number of aliphatic carboxylic acids is 1. The van der Waals surface area contributed by atoms with E-state index >= 15 is 0 Å². The van der Waals surface area contributed by atoms with E-state index < -0.39 is 115 Å². The van der Waals surface area contributed by atoms with Gasteiger partial charge < -0.3 is 80.6 Å². The van der Waals surface area contributed by atoms with Gasteiger partial charge in [0.15, 0.2) is 11.9 Å². The fourth-order valence-electron chi connectivity index (χ4n) is 8.95. The summed E-state index contributed by atoms with van der Waals surface area (Å²) in [5.74, 6) is -7.33. The molecule has 8 amide bonds. The molecule has 4 heterocycles. The molecule has 3 aromatic rings. The summed E-state index contributed by atoms with van der Waals surface area (Å²) in [7, 11) is 0. The van der Waals surface area contributed by atoms with Gasteiger partial charge in [0.05, 0.1) is 19.2 Å². The fourth-order valence-corrected chi connectivity index (χ4v) is 10.5. The number of carboxylic acids is 1. The van der Waals surface area contributed by atoms with Gasteiger partial charge in [-0.1, -0.05) is 42.5 Å². The molecule has 2 aromatic heterocycles. The Bertz CT molecular complexity index is 2560. The molecule has 2 fully saturated rings. The van der Waals surface area contributed by atoms with E-state index in [4.69, 9.17) is 28.7 Å². The second-order valence-electron chi connectivity index (χ2n) is 18.7. The number of hydrogen-bond donors (Lipinski definition) is 13. The van der Waals surface area contributed by atoms with E-state index in [1.54, 1.807) is 65.4 Å². The maximum absolute atomic E-state index is 14.2. The minimum atomic E-state index is -1.67. The molecule has 0 aliphatic carbocycles. The van der Waals surface area contributed by atoms with Crippen LogP contribution in [0.25, 0.3) is 0 Å². The smallest absolute Gasteiger partial charge is 0.326 e. The third-order valence-electron chi connectivity index (χ3n) is 12.9. The predicted molar refractivity (Wildman–Crippen MR) is 291 cm³/mol. The molecule has 78 heavy (non-hydrogen) atoms. The lowest BCUT2D eigenvalue weighted by molar-refractivity contribution is -0.147. The van der Waals surface area contributed by atoms with Crippen molar-refractivity contribution in [3.8, 4) is 0 Å². The Kier molecular flexibility index (Phi) is 24.2. The zero-order valence-electron chi connectivity index (χ0n) is 43.1. The Balaban J connectivity index is 1.23. The van der Waals surface area contributed by atoms with E-state index in [1.165, 1.54) is 32.5 Å². The Hall–Kier alpha value is -7.69. The number of rotatable bonds is 30. The van der Waals surface area contributed by atoms with Crippen LogP contribution in [0.5, 0.6) is 0 Å². The highest BCUT2D eigenvalue weighted by Crippen LogP contribution is 2.26. The number of nitrogens with two attached hydrogens (primary N) is 5. The van der Waals surface area contributed by atoms with Crippen molar-refractivity contribution in [2.45, 2.75) is 119 Å². The Morgan fingerprint density at radius 1 is 0.615 bits per heavy atom. The number of likely N-dealkylation sites (tertiary alicyclic amines) is 2. The minimum Gasteiger partial charge on any atom is -0.480 e. The topological polar surface area (TPSA) is 428 Å². The number of nitrogens with one attached hydrogen (secondary N) is 6. The first kappa shape index (κ1) is 61.2. The average molecular weight is 1120 g/mol. The number of thiophene rings is 2. The number of aliphatic hydroxyl groups is 1. The second-order valence-corrected chi connectivity index (χ2v) is 20.8. The van der Waals surface area contributed by atoms with Gasteiger partial charge in [0, 0.05) is 55.2 Å². The molecule has 1 aromatic carbocycles. The van der Waals surface area contributed by atoms with Crippen LogP contribution >= 0.6 is 22.7 Å². The van der Waals surface area contributed by atoms with Gasteiger partial charge in [0.1, 0.15) is 42.3 Å². The third-order valence-corrected chi connectivity index (χ3v) is 14.7.